The molecule has 2 amide bonds. The number of rotatable bonds is 6. The van der Waals surface area contributed by atoms with Crippen molar-refractivity contribution in [3.8, 4) is 17.2 Å². The molecule has 0 aromatic heterocycles. The number of hydrogen-bond donors (Lipinski definition) is 1. The van der Waals surface area contributed by atoms with Crippen LogP contribution in [0.4, 0.5) is 5.69 Å². The van der Waals surface area contributed by atoms with Gasteiger partial charge in [-0.1, -0.05) is 24.3 Å². The fraction of sp³-hybridized carbons (Fsp3) is 0.263. The van der Waals surface area contributed by atoms with Gasteiger partial charge in [0.05, 0.1) is 12.8 Å². The van der Waals surface area contributed by atoms with E-state index < -0.39 is 12.0 Å². The minimum absolute atomic E-state index is 0.0218. The highest BCUT2D eigenvalue weighted by molar-refractivity contribution is 5.98. The molecule has 0 saturated carbocycles. The normalized spacial score (nSPS) is 15.2. The first kappa shape index (κ1) is 17.6. The molecule has 0 spiro atoms. The number of nitrogens with two attached hydrogens (primary N) is 1. The maximum absolute atomic E-state index is 13.1. The van der Waals surface area contributed by atoms with Gasteiger partial charge in [0.15, 0.2) is 11.5 Å². The van der Waals surface area contributed by atoms with Crippen molar-refractivity contribution in [2.24, 2.45) is 5.73 Å². The second-order valence-electron chi connectivity index (χ2n) is 5.74. The number of amides is 2. The van der Waals surface area contributed by atoms with Crippen LogP contribution >= 0.6 is 0 Å². The number of carbonyl (C=O) groups is 2. The van der Waals surface area contributed by atoms with Crippen LogP contribution in [0.2, 0.25) is 0 Å². The van der Waals surface area contributed by atoms with Crippen LogP contribution in [0.3, 0.4) is 0 Å². The molecule has 7 heteroatoms. The molecule has 136 valence electrons. The molecule has 0 saturated heterocycles. The van der Waals surface area contributed by atoms with Crippen LogP contribution in [0.5, 0.6) is 17.2 Å². The molecule has 2 N–H and O–H groups in total. The number of ether oxygens (including phenoxy) is 3. The molecule has 1 atom stereocenters. The van der Waals surface area contributed by atoms with E-state index in [-0.39, 0.29) is 25.5 Å². The van der Waals surface area contributed by atoms with Gasteiger partial charge in [0.2, 0.25) is 12.0 Å². The molecule has 0 unspecified atom stereocenters. The van der Waals surface area contributed by atoms with Gasteiger partial charge in [-0.05, 0) is 24.3 Å². The molecular formula is C19H20N2O5. The largest absolute Gasteiger partial charge is 0.495 e. The van der Waals surface area contributed by atoms with Gasteiger partial charge in [0.1, 0.15) is 12.4 Å². The van der Waals surface area contributed by atoms with E-state index in [0.717, 1.165) is 0 Å². The average Bonchev–Trinajstić information content (AvgIpc) is 2.67. The predicted molar refractivity (Wildman–Crippen MR) is 95.5 cm³/mol. The smallest absolute Gasteiger partial charge is 0.271 e. The zero-order valence-electron chi connectivity index (χ0n) is 14.4. The third kappa shape index (κ3) is 3.72. The number of methoxy groups -OCH3 is 1. The van der Waals surface area contributed by atoms with E-state index in [0.29, 0.717) is 22.9 Å². The maximum Gasteiger partial charge on any atom is 0.271 e. The van der Waals surface area contributed by atoms with Crippen LogP contribution in [0.25, 0.3) is 0 Å². The second-order valence-corrected chi connectivity index (χ2v) is 5.74. The molecule has 26 heavy (non-hydrogen) atoms. The highest BCUT2D eigenvalue weighted by Gasteiger charge is 2.32. The molecule has 0 fully saturated rings. The van der Waals surface area contributed by atoms with Crippen LogP contribution in [0.1, 0.15) is 6.42 Å². The minimum Gasteiger partial charge on any atom is -0.495 e. The van der Waals surface area contributed by atoms with Gasteiger partial charge in [-0.3, -0.25) is 9.59 Å². The summed E-state index contributed by atoms with van der Waals surface area (Å²) in [5, 5.41) is 0. The van der Waals surface area contributed by atoms with Crippen LogP contribution < -0.4 is 24.8 Å². The lowest BCUT2D eigenvalue weighted by Gasteiger charge is -2.31. The number of carbonyl (C=O) groups excluding carboxylic acids is 2. The van der Waals surface area contributed by atoms with Gasteiger partial charge in [0.25, 0.3) is 5.91 Å². The fourth-order valence-electron chi connectivity index (χ4n) is 2.74. The first-order valence-corrected chi connectivity index (χ1v) is 8.21. The van der Waals surface area contributed by atoms with E-state index in [2.05, 4.69) is 0 Å². The Labute approximate surface area is 151 Å². The molecule has 7 nitrogen and oxygen atoms in total. The molecule has 2 aromatic carbocycles. The molecule has 1 heterocycles. The Morgan fingerprint density at radius 3 is 2.58 bits per heavy atom. The van der Waals surface area contributed by atoms with Crippen LogP contribution in [0.15, 0.2) is 48.5 Å². The molecule has 3 rings (SSSR count). The Morgan fingerprint density at radius 1 is 1.15 bits per heavy atom. The van der Waals surface area contributed by atoms with Gasteiger partial charge < -0.3 is 24.8 Å². The van der Waals surface area contributed by atoms with Gasteiger partial charge in [-0.15, -0.1) is 0 Å². The van der Waals surface area contributed by atoms with Crippen molar-refractivity contribution < 1.29 is 23.8 Å². The fourth-order valence-corrected chi connectivity index (χ4v) is 2.74. The van der Waals surface area contributed by atoms with Gasteiger partial charge in [-0.2, -0.15) is 0 Å². The molecule has 1 aliphatic rings. The number of fused-ring (bicyclic) bond motifs is 1. The summed E-state index contributed by atoms with van der Waals surface area (Å²) < 4.78 is 16.8. The van der Waals surface area contributed by atoms with Crippen molar-refractivity contribution in [1.29, 1.82) is 0 Å². The lowest BCUT2D eigenvalue weighted by Crippen LogP contribution is -2.47. The van der Waals surface area contributed by atoms with E-state index in [4.69, 9.17) is 19.9 Å². The van der Waals surface area contributed by atoms with Crippen LogP contribution in [0, 0.1) is 0 Å². The second kappa shape index (κ2) is 7.77. The Bertz CT molecular complexity index is 808. The van der Waals surface area contributed by atoms with Crippen molar-refractivity contribution in [3.63, 3.8) is 0 Å². The average molecular weight is 356 g/mol. The lowest BCUT2D eigenvalue weighted by molar-refractivity contribution is -0.127. The SMILES string of the molecule is COc1ccccc1N(CCC(N)=O)C(=O)[C@H]1COc2ccccc2O1. The Morgan fingerprint density at radius 2 is 1.85 bits per heavy atom. The zero-order valence-corrected chi connectivity index (χ0v) is 14.4. The first-order valence-electron chi connectivity index (χ1n) is 8.21. The highest BCUT2D eigenvalue weighted by atomic mass is 16.6. The number of benzene rings is 2. The molecule has 0 aliphatic carbocycles. The monoisotopic (exact) mass is 356 g/mol. The van der Waals surface area contributed by atoms with Crippen LogP contribution in [-0.2, 0) is 9.59 Å². The van der Waals surface area contributed by atoms with Crippen molar-refractivity contribution in [1.82, 2.24) is 0 Å². The summed E-state index contributed by atoms with van der Waals surface area (Å²) >= 11 is 0. The first-order chi connectivity index (χ1) is 12.6. The predicted octanol–water partition coefficient (Wildman–Crippen LogP) is 1.74. The summed E-state index contributed by atoms with van der Waals surface area (Å²) in [6.07, 6.45) is -0.809. The number of anilines is 1. The summed E-state index contributed by atoms with van der Waals surface area (Å²) in [7, 11) is 1.52. The highest BCUT2D eigenvalue weighted by Crippen LogP contribution is 2.33. The number of para-hydroxylation sites is 4. The summed E-state index contributed by atoms with van der Waals surface area (Å²) in [6.45, 7) is 0.202. The number of primary amides is 1. The third-order valence-corrected chi connectivity index (χ3v) is 4.01. The van der Waals surface area contributed by atoms with E-state index in [1.54, 1.807) is 42.5 Å². The van der Waals surface area contributed by atoms with Crippen molar-refractivity contribution in [3.05, 3.63) is 48.5 Å². The lowest BCUT2D eigenvalue weighted by atomic mass is 10.2. The number of nitrogens with zero attached hydrogens (tertiary/aromatic N) is 1. The Hall–Kier alpha value is -3.22. The topological polar surface area (TPSA) is 91.1 Å². The third-order valence-electron chi connectivity index (χ3n) is 4.01. The molecule has 2 aromatic rings. The molecule has 1 aliphatic heterocycles. The quantitative estimate of drug-likeness (QED) is 0.851. The van der Waals surface area contributed by atoms with Gasteiger partial charge >= 0.3 is 0 Å². The maximum atomic E-state index is 13.1. The van der Waals surface area contributed by atoms with E-state index in [1.807, 2.05) is 6.07 Å². The summed E-state index contributed by atoms with van der Waals surface area (Å²) in [5.74, 6) is 0.793. The van der Waals surface area contributed by atoms with Crippen molar-refractivity contribution >= 4 is 17.5 Å². The summed E-state index contributed by atoms with van der Waals surface area (Å²) in [6, 6.07) is 14.2. The minimum atomic E-state index is -0.831. The van der Waals surface area contributed by atoms with Crippen LogP contribution in [-0.4, -0.2) is 38.2 Å². The van der Waals surface area contributed by atoms with E-state index in [9.17, 15) is 9.59 Å². The van der Waals surface area contributed by atoms with E-state index >= 15 is 0 Å². The zero-order chi connectivity index (χ0) is 18.5. The molecular weight excluding hydrogens is 336 g/mol. The molecule has 0 radical (unpaired) electrons. The summed E-state index contributed by atoms with van der Waals surface area (Å²) in [4.78, 5) is 25.8. The Kier molecular flexibility index (Phi) is 5.26. The van der Waals surface area contributed by atoms with Crippen molar-refractivity contribution in [2.45, 2.75) is 12.5 Å². The van der Waals surface area contributed by atoms with Gasteiger partial charge in [0, 0.05) is 13.0 Å². The standard InChI is InChI=1S/C19H20N2O5/c1-24-14-7-3-2-6-13(14)21(11-10-18(20)22)19(23)17-12-25-15-8-4-5-9-16(15)26-17/h2-9,17H,10-12H2,1H3,(H2,20,22)/t17-/m1/s1. The van der Waals surface area contributed by atoms with Crippen molar-refractivity contribution in [2.75, 3.05) is 25.2 Å². The summed E-state index contributed by atoms with van der Waals surface area (Å²) in [5.41, 5.74) is 5.81. The van der Waals surface area contributed by atoms with E-state index in [1.165, 1.54) is 12.0 Å². The number of hydrogen-bond acceptors (Lipinski definition) is 5. The Balaban J connectivity index is 1.87. The molecule has 0 bridgehead atoms. The van der Waals surface area contributed by atoms with Gasteiger partial charge in [-0.25, -0.2) is 0 Å².